The van der Waals surface area contributed by atoms with Gasteiger partial charge in [-0.15, -0.1) is 6.58 Å². The molecule has 0 radical (unpaired) electrons. The van der Waals surface area contributed by atoms with E-state index in [1.807, 2.05) is 12.1 Å². The van der Waals surface area contributed by atoms with Gasteiger partial charge in [-0.25, -0.2) is 0 Å². The van der Waals surface area contributed by atoms with Crippen LogP contribution in [-0.2, 0) is 12.0 Å². The van der Waals surface area contributed by atoms with Crippen molar-refractivity contribution < 1.29 is 9.84 Å². The molecule has 1 saturated carbocycles. The molecule has 0 spiro atoms. The minimum atomic E-state index is -0.239. The molecule has 2 heteroatoms. The van der Waals surface area contributed by atoms with Gasteiger partial charge in [-0.3, -0.25) is 0 Å². The maximum Gasteiger partial charge on any atom is 0.123 e. The fourth-order valence-electron chi connectivity index (χ4n) is 5.56. The first-order valence-electron chi connectivity index (χ1n) is 13.5. The van der Waals surface area contributed by atoms with Crippen LogP contribution in [0.3, 0.4) is 0 Å². The van der Waals surface area contributed by atoms with Crippen LogP contribution in [0.4, 0.5) is 0 Å². The minimum absolute atomic E-state index is 0.112. The van der Waals surface area contributed by atoms with Gasteiger partial charge in [-0.2, -0.15) is 0 Å². The number of hydrogen-bond donors (Lipinski definition) is 1. The van der Waals surface area contributed by atoms with Crippen molar-refractivity contribution in [1.29, 1.82) is 0 Å². The Labute approximate surface area is 208 Å². The molecule has 0 unspecified atom stereocenters. The quantitative estimate of drug-likeness (QED) is 0.194. The molecule has 1 N–H and O–H groups in total. The van der Waals surface area contributed by atoms with Gasteiger partial charge in [0.2, 0.25) is 0 Å². The Morgan fingerprint density at radius 2 is 1.85 bits per heavy atom. The van der Waals surface area contributed by atoms with E-state index >= 15 is 0 Å². The van der Waals surface area contributed by atoms with Crippen LogP contribution in [0.1, 0.15) is 108 Å². The first-order valence-corrected chi connectivity index (χ1v) is 13.5. The monoisotopic (exact) mass is 462 g/mol. The van der Waals surface area contributed by atoms with Gasteiger partial charge in [0.25, 0.3) is 0 Å². The Morgan fingerprint density at radius 1 is 1.06 bits per heavy atom. The van der Waals surface area contributed by atoms with Crippen molar-refractivity contribution in [3.8, 4) is 5.75 Å². The second kappa shape index (κ2) is 13.1. The van der Waals surface area contributed by atoms with Crippen molar-refractivity contribution in [3.05, 3.63) is 77.9 Å². The molecule has 0 amide bonds. The van der Waals surface area contributed by atoms with Crippen LogP contribution in [0, 0.1) is 5.92 Å². The minimum Gasteiger partial charge on any atom is -0.489 e. The zero-order chi connectivity index (χ0) is 24.4. The second-order valence-electron chi connectivity index (χ2n) is 10.9. The molecule has 0 aromatic heterocycles. The molecular formula is C32H46O2. The fraction of sp³-hybridized carbons (Fsp3) is 0.562. The summed E-state index contributed by atoms with van der Waals surface area (Å²) < 4.78 is 6.55. The number of aliphatic hydroxyl groups excluding tert-OH is 1. The lowest BCUT2D eigenvalue weighted by Crippen LogP contribution is -2.20. The molecule has 2 aromatic rings. The maximum atomic E-state index is 10.7. The summed E-state index contributed by atoms with van der Waals surface area (Å²) in [4.78, 5) is 0. The van der Waals surface area contributed by atoms with Crippen molar-refractivity contribution in [2.24, 2.45) is 5.92 Å². The van der Waals surface area contributed by atoms with Crippen LogP contribution in [0.25, 0.3) is 0 Å². The molecule has 1 fully saturated rings. The van der Waals surface area contributed by atoms with E-state index < -0.39 is 0 Å². The third kappa shape index (κ3) is 7.47. The molecule has 1 aliphatic rings. The molecule has 3 rings (SSSR count). The maximum absolute atomic E-state index is 10.7. The number of unbranched alkanes of at least 4 members (excludes halogenated alkanes) is 3. The van der Waals surface area contributed by atoms with Crippen LogP contribution in [-0.4, -0.2) is 11.2 Å². The summed E-state index contributed by atoms with van der Waals surface area (Å²) in [5.41, 5.74) is 3.90. The summed E-state index contributed by atoms with van der Waals surface area (Å²) in [6.07, 6.45) is 13.1. The van der Waals surface area contributed by atoms with Crippen molar-refractivity contribution in [1.82, 2.24) is 0 Å². The van der Waals surface area contributed by atoms with E-state index in [0.29, 0.717) is 18.4 Å². The van der Waals surface area contributed by atoms with Gasteiger partial charge in [0, 0.05) is 0 Å². The van der Waals surface area contributed by atoms with Gasteiger partial charge < -0.3 is 9.84 Å². The lowest BCUT2D eigenvalue weighted by atomic mass is 9.76. The Kier molecular flexibility index (Phi) is 10.3. The third-order valence-electron chi connectivity index (χ3n) is 7.76. The van der Waals surface area contributed by atoms with Crippen molar-refractivity contribution in [2.75, 3.05) is 0 Å². The van der Waals surface area contributed by atoms with Gasteiger partial charge in [0.05, 0.1) is 6.10 Å². The molecule has 0 aliphatic heterocycles. The summed E-state index contributed by atoms with van der Waals surface area (Å²) in [6, 6.07) is 17.4. The van der Waals surface area contributed by atoms with Gasteiger partial charge >= 0.3 is 0 Å². The Balaban J connectivity index is 1.92. The van der Waals surface area contributed by atoms with Gasteiger partial charge in [-0.05, 0) is 72.1 Å². The fourth-order valence-corrected chi connectivity index (χ4v) is 5.56. The summed E-state index contributed by atoms with van der Waals surface area (Å²) in [5, 5.41) is 10.7. The highest BCUT2D eigenvalue weighted by atomic mass is 16.5. The van der Waals surface area contributed by atoms with Gasteiger partial charge in [-0.1, -0.05) is 101 Å². The molecule has 0 heterocycles. The predicted molar refractivity (Wildman–Crippen MR) is 145 cm³/mol. The van der Waals surface area contributed by atoms with Gasteiger partial charge in [0.1, 0.15) is 12.4 Å². The first kappa shape index (κ1) is 26.5. The normalized spacial score (nSPS) is 21.1. The summed E-state index contributed by atoms with van der Waals surface area (Å²) in [7, 11) is 0. The summed E-state index contributed by atoms with van der Waals surface area (Å²) in [6.45, 7) is 11.6. The third-order valence-corrected chi connectivity index (χ3v) is 7.76. The summed E-state index contributed by atoms with van der Waals surface area (Å²) >= 11 is 0. The Bertz CT molecular complexity index is 870. The molecule has 0 bridgehead atoms. The smallest absolute Gasteiger partial charge is 0.123 e. The van der Waals surface area contributed by atoms with Crippen molar-refractivity contribution >= 4 is 0 Å². The Hall–Kier alpha value is -2.06. The molecule has 2 aromatic carbocycles. The Morgan fingerprint density at radius 3 is 2.59 bits per heavy atom. The molecular weight excluding hydrogens is 416 g/mol. The average molecular weight is 463 g/mol. The standard InChI is InChI=1S/C32H46O2/c1-5-7-8-12-21-32(3,4)27-19-20-29(30-23-28(33)18-13-17-26(30)14-6-2)31(22-27)34-24-25-15-10-9-11-16-25/h6,9-11,15-16,19-20,22,26,28,30,33H,2,5,7-8,12-14,17-18,21,23-24H2,1,3-4H3/t26-,28+,30-/m0/s1. The van der Waals surface area contributed by atoms with E-state index in [9.17, 15) is 5.11 Å². The first-order chi connectivity index (χ1) is 16.4. The number of benzene rings is 2. The van der Waals surface area contributed by atoms with E-state index in [1.165, 1.54) is 48.8 Å². The van der Waals surface area contributed by atoms with Crippen LogP contribution in [0.15, 0.2) is 61.2 Å². The molecule has 3 atom stereocenters. The van der Waals surface area contributed by atoms with Crippen LogP contribution in [0.2, 0.25) is 0 Å². The van der Waals surface area contributed by atoms with Crippen LogP contribution >= 0.6 is 0 Å². The van der Waals surface area contributed by atoms with E-state index in [0.717, 1.165) is 37.9 Å². The number of allylic oxidation sites excluding steroid dienone is 1. The topological polar surface area (TPSA) is 29.5 Å². The highest BCUT2D eigenvalue weighted by molar-refractivity contribution is 5.43. The SMILES string of the molecule is C=CC[C@H]1CCC[C@@H](O)C[C@@H]1c1ccc(C(C)(C)CCCCCC)cc1OCc1ccccc1. The number of hydrogen-bond acceptors (Lipinski definition) is 2. The summed E-state index contributed by atoms with van der Waals surface area (Å²) in [5.74, 6) is 1.79. The second-order valence-corrected chi connectivity index (χ2v) is 10.9. The van der Waals surface area contributed by atoms with E-state index in [-0.39, 0.29) is 11.5 Å². The molecule has 0 saturated heterocycles. The van der Waals surface area contributed by atoms with Crippen LogP contribution < -0.4 is 4.74 Å². The molecule has 1 aliphatic carbocycles. The van der Waals surface area contributed by atoms with E-state index in [1.54, 1.807) is 0 Å². The zero-order valence-corrected chi connectivity index (χ0v) is 21.8. The molecule has 2 nitrogen and oxygen atoms in total. The number of ether oxygens (including phenoxy) is 1. The highest BCUT2D eigenvalue weighted by Gasteiger charge is 2.31. The van der Waals surface area contributed by atoms with E-state index in [4.69, 9.17) is 4.74 Å². The van der Waals surface area contributed by atoms with Crippen molar-refractivity contribution in [3.63, 3.8) is 0 Å². The predicted octanol–water partition coefficient (Wildman–Crippen LogP) is 8.72. The number of rotatable bonds is 12. The average Bonchev–Trinajstić information content (AvgIpc) is 3.02. The molecule has 34 heavy (non-hydrogen) atoms. The van der Waals surface area contributed by atoms with Gasteiger partial charge in [0.15, 0.2) is 0 Å². The lowest BCUT2D eigenvalue weighted by molar-refractivity contribution is 0.148. The number of aliphatic hydroxyl groups is 1. The molecule has 186 valence electrons. The highest BCUT2D eigenvalue weighted by Crippen LogP contribution is 2.44. The zero-order valence-electron chi connectivity index (χ0n) is 21.8. The van der Waals surface area contributed by atoms with Crippen molar-refractivity contribution in [2.45, 2.75) is 109 Å². The largest absolute Gasteiger partial charge is 0.489 e. The van der Waals surface area contributed by atoms with E-state index in [2.05, 4.69) is 69.8 Å². The lowest BCUT2D eigenvalue weighted by Gasteiger charge is -2.30. The van der Waals surface area contributed by atoms with Crippen LogP contribution in [0.5, 0.6) is 5.75 Å².